The Kier molecular flexibility index (Phi) is 1.73. The van der Waals surface area contributed by atoms with E-state index in [1.54, 1.807) is 6.20 Å². The smallest absolute Gasteiger partial charge is 0.126 e. The lowest BCUT2D eigenvalue weighted by molar-refractivity contribution is 1.10. The number of nitrogen functional groups attached to an aromatic ring is 1. The number of aromatic amines is 2. The van der Waals surface area contributed by atoms with E-state index in [0.717, 1.165) is 28.0 Å². The van der Waals surface area contributed by atoms with Crippen LogP contribution < -0.4 is 5.73 Å². The van der Waals surface area contributed by atoms with Gasteiger partial charge in [-0.05, 0) is 13.0 Å². The summed E-state index contributed by atoms with van der Waals surface area (Å²) in [6.07, 6.45) is 1.72. The van der Waals surface area contributed by atoms with Crippen molar-refractivity contribution in [3.05, 3.63) is 30.2 Å². The normalized spacial score (nSPS) is 11.1. The van der Waals surface area contributed by atoms with Gasteiger partial charge in [-0.25, -0.2) is 4.98 Å². The van der Waals surface area contributed by atoms with Crippen molar-refractivity contribution in [3.8, 4) is 11.1 Å². The standard InChI is InChI=1S/C11H11N5/c1-6-14-9-4-2-3-7(10(9)15-6)8-5-13-16-11(8)12/h2-5H,1H3,(H,14,15)(H3,12,13,16). The zero-order chi connectivity index (χ0) is 11.1. The van der Waals surface area contributed by atoms with Crippen molar-refractivity contribution in [2.24, 2.45) is 0 Å². The first-order valence-corrected chi connectivity index (χ1v) is 5.00. The number of hydrogen-bond acceptors (Lipinski definition) is 3. The summed E-state index contributed by atoms with van der Waals surface area (Å²) in [5, 5.41) is 6.65. The number of fused-ring (bicyclic) bond motifs is 1. The number of benzene rings is 1. The molecular formula is C11H11N5. The predicted molar refractivity (Wildman–Crippen MR) is 62.8 cm³/mol. The summed E-state index contributed by atoms with van der Waals surface area (Å²) < 4.78 is 0. The maximum Gasteiger partial charge on any atom is 0.126 e. The monoisotopic (exact) mass is 213 g/mol. The molecule has 3 aromatic rings. The fourth-order valence-corrected chi connectivity index (χ4v) is 1.88. The average Bonchev–Trinajstić information content (AvgIpc) is 2.82. The summed E-state index contributed by atoms with van der Waals surface area (Å²) in [4.78, 5) is 7.66. The highest BCUT2D eigenvalue weighted by Crippen LogP contribution is 2.29. The van der Waals surface area contributed by atoms with Gasteiger partial charge >= 0.3 is 0 Å². The molecule has 3 rings (SSSR count). The van der Waals surface area contributed by atoms with Crippen molar-refractivity contribution in [2.75, 3.05) is 5.73 Å². The fraction of sp³-hybridized carbons (Fsp3) is 0.0909. The summed E-state index contributed by atoms with van der Waals surface area (Å²) in [5.74, 6) is 1.46. The molecule has 2 heterocycles. The number of imidazole rings is 1. The Balaban J connectivity index is 2.35. The van der Waals surface area contributed by atoms with E-state index >= 15 is 0 Å². The highest BCUT2D eigenvalue weighted by molar-refractivity contribution is 5.94. The quantitative estimate of drug-likeness (QED) is 0.576. The lowest BCUT2D eigenvalue weighted by Gasteiger charge is -1.99. The lowest BCUT2D eigenvalue weighted by atomic mass is 10.1. The van der Waals surface area contributed by atoms with Crippen LogP contribution in [-0.4, -0.2) is 20.2 Å². The van der Waals surface area contributed by atoms with Gasteiger partial charge in [-0.2, -0.15) is 5.10 Å². The molecular weight excluding hydrogens is 202 g/mol. The molecule has 0 radical (unpaired) electrons. The number of aryl methyl sites for hydroxylation is 1. The Morgan fingerprint density at radius 3 is 2.88 bits per heavy atom. The molecule has 0 saturated carbocycles. The Labute approximate surface area is 91.7 Å². The largest absolute Gasteiger partial charge is 0.384 e. The molecule has 0 fully saturated rings. The average molecular weight is 213 g/mol. The number of hydrogen-bond donors (Lipinski definition) is 3. The number of aromatic nitrogens is 4. The first-order valence-electron chi connectivity index (χ1n) is 5.00. The maximum absolute atomic E-state index is 5.81. The second kappa shape index (κ2) is 3.10. The summed E-state index contributed by atoms with van der Waals surface area (Å²) in [6, 6.07) is 5.96. The molecule has 1 aromatic carbocycles. The molecule has 0 aliphatic carbocycles. The topological polar surface area (TPSA) is 83.4 Å². The van der Waals surface area contributed by atoms with Gasteiger partial charge in [-0.15, -0.1) is 0 Å². The molecule has 0 aliphatic heterocycles. The third-order valence-electron chi connectivity index (χ3n) is 2.59. The van der Waals surface area contributed by atoms with Gasteiger partial charge in [0, 0.05) is 11.1 Å². The number of anilines is 1. The number of H-pyrrole nitrogens is 2. The van der Waals surface area contributed by atoms with Crippen LogP contribution in [0.1, 0.15) is 5.82 Å². The van der Waals surface area contributed by atoms with Crippen LogP contribution in [0.4, 0.5) is 5.82 Å². The van der Waals surface area contributed by atoms with Crippen LogP contribution >= 0.6 is 0 Å². The van der Waals surface area contributed by atoms with Crippen LogP contribution in [0.15, 0.2) is 24.4 Å². The molecule has 0 unspecified atom stereocenters. The first-order chi connectivity index (χ1) is 7.75. The number of nitrogens with one attached hydrogen (secondary N) is 2. The highest BCUT2D eigenvalue weighted by Gasteiger charge is 2.10. The van der Waals surface area contributed by atoms with Gasteiger partial charge < -0.3 is 10.7 Å². The third kappa shape index (κ3) is 1.18. The summed E-state index contributed by atoms with van der Waals surface area (Å²) in [6.45, 7) is 1.93. The van der Waals surface area contributed by atoms with E-state index in [-0.39, 0.29) is 0 Å². The van der Waals surface area contributed by atoms with Crippen molar-refractivity contribution in [1.29, 1.82) is 0 Å². The number of nitrogens with zero attached hydrogens (tertiary/aromatic N) is 2. The predicted octanol–water partition coefficient (Wildman–Crippen LogP) is 1.84. The van der Waals surface area contributed by atoms with Crippen LogP contribution in [0.5, 0.6) is 0 Å². The third-order valence-corrected chi connectivity index (χ3v) is 2.59. The van der Waals surface area contributed by atoms with E-state index in [0.29, 0.717) is 5.82 Å². The Morgan fingerprint density at radius 1 is 1.25 bits per heavy atom. The molecule has 0 atom stereocenters. The van der Waals surface area contributed by atoms with Crippen molar-refractivity contribution >= 4 is 16.9 Å². The Morgan fingerprint density at radius 2 is 2.12 bits per heavy atom. The number of rotatable bonds is 1. The fourth-order valence-electron chi connectivity index (χ4n) is 1.88. The SMILES string of the molecule is Cc1nc2c(-c3cn[nH]c3N)cccc2[nH]1. The van der Waals surface area contributed by atoms with Crippen molar-refractivity contribution in [2.45, 2.75) is 6.92 Å². The van der Waals surface area contributed by atoms with Gasteiger partial charge in [0.2, 0.25) is 0 Å². The zero-order valence-electron chi connectivity index (χ0n) is 8.78. The van der Waals surface area contributed by atoms with Gasteiger partial charge in [0.25, 0.3) is 0 Å². The minimum absolute atomic E-state index is 0.563. The summed E-state index contributed by atoms with van der Waals surface area (Å²) in [7, 11) is 0. The van der Waals surface area contributed by atoms with Gasteiger partial charge in [0.15, 0.2) is 0 Å². The number of para-hydroxylation sites is 1. The van der Waals surface area contributed by atoms with Crippen LogP contribution in [0.25, 0.3) is 22.2 Å². The van der Waals surface area contributed by atoms with E-state index in [1.165, 1.54) is 0 Å². The van der Waals surface area contributed by atoms with E-state index < -0.39 is 0 Å². The molecule has 0 aliphatic rings. The molecule has 5 nitrogen and oxygen atoms in total. The van der Waals surface area contributed by atoms with Crippen molar-refractivity contribution in [3.63, 3.8) is 0 Å². The molecule has 0 saturated heterocycles. The highest BCUT2D eigenvalue weighted by atomic mass is 15.1. The molecule has 2 aromatic heterocycles. The van der Waals surface area contributed by atoms with Gasteiger partial charge in [-0.1, -0.05) is 12.1 Å². The van der Waals surface area contributed by atoms with Crippen LogP contribution in [-0.2, 0) is 0 Å². The van der Waals surface area contributed by atoms with Gasteiger partial charge in [0.05, 0.1) is 17.2 Å². The number of nitrogens with two attached hydrogens (primary N) is 1. The first kappa shape index (κ1) is 8.96. The zero-order valence-corrected chi connectivity index (χ0v) is 8.78. The maximum atomic E-state index is 5.81. The van der Waals surface area contributed by atoms with Gasteiger partial charge in [0.1, 0.15) is 11.6 Å². The lowest BCUT2D eigenvalue weighted by Crippen LogP contribution is -1.88. The van der Waals surface area contributed by atoms with Crippen LogP contribution in [0, 0.1) is 6.92 Å². The van der Waals surface area contributed by atoms with Crippen molar-refractivity contribution < 1.29 is 0 Å². The van der Waals surface area contributed by atoms with Crippen molar-refractivity contribution in [1.82, 2.24) is 20.2 Å². The minimum atomic E-state index is 0.563. The molecule has 16 heavy (non-hydrogen) atoms. The molecule has 0 spiro atoms. The van der Waals surface area contributed by atoms with Crippen LogP contribution in [0.3, 0.4) is 0 Å². The van der Waals surface area contributed by atoms with E-state index in [2.05, 4.69) is 20.2 Å². The second-order valence-electron chi connectivity index (χ2n) is 3.72. The van der Waals surface area contributed by atoms with Gasteiger partial charge in [-0.3, -0.25) is 5.10 Å². The molecule has 80 valence electrons. The minimum Gasteiger partial charge on any atom is -0.384 e. The van der Waals surface area contributed by atoms with Crippen LogP contribution in [0.2, 0.25) is 0 Å². The Hall–Kier alpha value is -2.30. The Bertz CT molecular complexity index is 649. The summed E-state index contributed by atoms with van der Waals surface area (Å²) in [5.41, 5.74) is 9.63. The summed E-state index contributed by atoms with van der Waals surface area (Å²) >= 11 is 0. The second-order valence-corrected chi connectivity index (χ2v) is 3.72. The van der Waals surface area contributed by atoms with E-state index in [1.807, 2.05) is 25.1 Å². The molecule has 5 heteroatoms. The van der Waals surface area contributed by atoms with E-state index in [4.69, 9.17) is 5.73 Å². The molecule has 0 bridgehead atoms. The molecule has 4 N–H and O–H groups in total. The molecule has 0 amide bonds. The van der Waals surface area contributed by atoms with E-state index in [9.17, 15) is 0 Å².